The summed E-state index contributed by atoms with van der Waals surface area (Å²) in [7, 11) is 0. The molecule has 3 rings (SSSR count). The number of carbonyl (C=O) groups is 1. The minimum Gasteiger partial charge on any atom is -0.342 e. The van der Waals surface area contributed by atoms with Crippen LogP contribution in [0, 0.1) is 2.88 Å². The number of aryl methyl sites for hydroxylation is 1. The summed E-state index contributed by atoms with van der Waals surface area (Å²) in [6, 6.07) is 2.67. The van der Waals surface area contributed by atoms with Crippen molar-refractivity contribution < 1.29 is 4.79 Å². The van der Waals surface area contributed by atoms with Gasteiger partial charge in [-0.1, -0.05) is 0 Å². The molecule has 1 aromatic heterocycles. The Bertz CT molecular complexity index is 468. The van der Waals surface area contributed by atoms with E-state index in [1.54, 1.807) is 0 Å². The average molecular weight is 390 g/mol. The first-order chi connectivity index (χ1) is 9.24. The van der Waals surface area contributed by atoms with Crippen molar-refractivity contribution in [2.75, 3.05) is 19.6 Å². The second-order valence-electron chi connectivity index (χ2n) is 5.34. The molecule has 0 spiro atoms. The molecule has 1 aliphatic heterocycles. The molecule has 1 unspecified atom stereocenters. The van der Waals surface area contributed by atoms with Crippen molar-refractivity contribution in [3.8, 4) is 0 Å². The quantitative estimate of drug-likeness (QED) is 0.806. The fourth-order valence-corrected chi connectivity index (χ4v) is 5.14. The van der Waals surface area contributed by atoms with E-state index in [0.29, 0.717) is 12.6 Å². The van der Waals surface area contributed by atoms with E-state index in [9.17, 15) is 4.79 Å². The van der Waals surface area contributed by atoms with Crippen LogP contribution >= 0.6 is 33.9 Å². The third-order valence-electron chi connectivity index (χ3n) is 4.04. The van der Waals surface area contributed by atoms with Gasteiger partial charge in [-0.05, 0) is 66.3 Å². The van der Waals surface area contributed by atoms with Crippen LogP contribution in [0.3, 0.4) is 0 Å². The minimum atomic E-state index is 0.273. The van der Waals surface area contributed by atoms with Crippen molar-refractivity contribution in [3.63, 3.8) is 0 Å². The molecule has 0 aromatic carbocycles. The monoisotopic (exact) mass is 390 g/mol. The Morgan fingerprint density at radius 1 is 1.42 bits per heavy atom. The number of nitrogens with zero attached hydrogens (tertiary/aromatic N) is 1. The Morgan fingerprint density at radius 3 is 3.00 bits per heavy atom. The van der Waals surface area contributed by atoms with Crippen molar-refractivity contribution in [3.05, 3.63) is 19.4 Å². The molecule has 1 saturated heterocycles. The van der Waals surface area contributed by atoms with Crippen LogP contribution in [0.15, 0.2) is 6.07 Å². The molecule has 104 valence electrons. The molecule has 1 amide bonds. The molecule has 19 heavy (non-hydrogen) atoms. The standard InChI is InChI=1S/C14H19IN2OS/c15-13-8-10-11(4-3-5-12(10)19-13)16-9-14(18)17-6-1-2-7-17/h8,11,16H,1-7,9H2. The lowest BCUT2D eigenvalue weighted by molar-refractivity contribution is -0.129. The van der Waals surface area contributed by atoms with Crippen molar-refractivity contribution in [1.29, 1.82) is 0 Å². The summed E-state index contributed by atoms with van der Waals surface area (Å²) in [4.78, 5) is 15.6. The fraction of sp³-hybridized carbons (Fsp3) is 0.643. The van der Waals surface area contributed by atoms with Gasteiger partial charge >= 0.3 is 0 Å². The number of fused-ring (bicyclic) bond motifs is 1. The van der Waals surface area contributed by atoms with E-state index >= 15 is 0 Å². The number of thiophene rings is 1. The molecule has 0 radical (unpaired) electrons. The SMILES string of the molecule is O=C(CNC1CCCc2sc(I)cc21)N1CCCC1. The first-order valence-electron chi connectivity index (χ1n) is 7.03. The number of hydrogen-bond donors (Lipinski definition) is 1. The highest BCUT2D eigenvalue weighted by Crippen LogP contribution is 2.36. The minimum absolute atomic E-state index is 0.273. The molecule has 0 saturated carbocycles. The number of halogens is 1. The van der Waals surface area contributed by atoms with Gasteiger partial charge in [0.05, 0.1) is 9.43 Å². The van der Waals surface area contributed by atoms with E-state index in [-0.39, 0.29) is 5.91 Å². The summed E-state index contributed by atoms with van der Waals surface area (Å²) in [6.07, 6.45) is 5.94. The van der Waals surface area contributed by atoms with Crippen molar-refractivity contribution in [2.45, 2.75) is 38.1 Å². The zero-order chi connectivity index (χ0) is 13.2. The highest BCUT2D eigenvalue weighted by molar-refractivity contribution is 14.1. The summed E-state index contributed by atoms with van der Waals surface area (Å²) in [5, 5.41) is 3.48. The topological polar surface area (TPSA) is 32.3 Å². The average Bonchev–Trinajstić information content (AvgIpc) is 3.03. The molecule has 3 nitrogen and oxygen atoms in total. The Labute approximate surface area is 131 Å². The third-order valence-corrected chi connectivity index (χ3v) is 6.01. The van der Waals surface area contributed by atoms with Gasteiger partial charge in [-0.3, -0.25) is 4.79 Å². The van der Waals surface area contributed by atoms with Crippen LogP contribution in [0.2, 0.25) is 0 Å². The molecule has 1 atom stereocenters. The summed E-state index contributed by atoms with van der Waals surface area (Å²) < 4.78 is 1.36. The lowest BCUT2D eigenvalue weighted by Gasteiger charge is -2.24. The van der Waals surface area contributed by atoms with Crippen molar-refractivity contribution in [1.82, 2.24) is 10.2 Å². The van der Waals surface area contributed by atoms with E-state index in [0.717, 1.165) is 19.5 Å². The van der Waals surface area contributed by atoms with E-state index in [4.69, 9.17) is 0 Å². The van der Waals surface area contributed by atoms with Crippen LogP contribution in [0.4, 0.5) is 0 Å². The van der Waals surface area contributed by atoms with Crippen molar-refractivity contribution >= 4 is 39.8 Å². The zero-order valence-electron chi connectivity index (χ0n) is 11.0. The van der Waals surface area contributed by atoms with Crippen LogP contribution in [0.5, 0.6) is 0 Å². The molecule has 5 heteroatoms. The second kappa shape index (κ2) is 6.10. The maximum atomic E-state index is 12.1. The highest BCUT2D eigenvalue weighted by atomic mass is 127. The Balaban J connectivity index is 1.60. The summed E-state index contributed by atoms with van der Waals surface area (Å²) >= 11 is 4.30. The smallest absolute Gasteiger partial charge is 0.236 e. The molecule has 1 aliphatic carbocycles. The number of hydrogen-bond acceptors (Lipinski definition) is 3. The molecule has 0 bridgehead atoms. The normalized spacial score (nSPS) is 22.6. The van der Waals surface area contributed by atoms with E-state index in [1.165, 1.54) is 39.0 Å². The largest absolute Gasteiger partial charge is 0.342 e. The van der Waals surface area contributed by atoms with Gasteiger partial charge < -0.3 is 10.2 Å². The zero-order valence-corrected chi connectivity index (χ0v) is 13.9. The first kappa shape index (κ1) is 13.8. The summed E-state index contributed by atoms with van der Waals surface area (Å²) in [5.41, 5.74) is 1.44. The van der Waals surface area contributed by atoms with Gasteiger partial charge in [-0.25, -0.2) is 0 Å². The van der Waals surface area contributed by atoms with Crippen LogP contribution in [0.25, 0.3) is 0 Å². The van der Waals surface area contributed by atoms with Crippen LogP contribution in [0.1, 0.15) is 42.2 Å². The van der Waals surface area contributed by atoms with Crippen LogP contribution in [-0.4, -0.2) is 30.4 Å². The molecule has 1 N–H and O–H groups in total. The maximum Gasteiger partial charge on any atom is 0.236 e. The van der Waals surface area contributed by atoms with Gasteiger partial charge in [0, 0.05) is 24.0 Å². The van der Waals surface area contributed by atoms with Crippen LogP contribution in [-0.2, 0) is 11.2 Å². The Hall–Kier alpha value is -0.140. The van der Waals surface area contributed by atoms with Gasteiger partial charge in [0.15, 0.2) is 0 Å². The number of carbonyl (C=O) groups excluding carboxylic acids is 1. The van der Waals surface area contributed by atoms with Gasteiger partial charge in [-0.15, -0.1) is 11.3 Å². The highest BCUT2D eigenvalue weighted by Gasteiger charge is 2.24. The fourth-order valence-electron chi connectivity index (χ4n) is 3.02. The summed E-state index contributed by atoms with van der Waals surface area (Å²) in [5.74, 6) is 0.273. The molecule has 1 aromatic rings. The first-order valence-corrected chi connectivity index (χ1v) is 8.93. The molecule has 2 heterocycles. The number of likely N-dealkylation sites (tertiary alicyclic amines) is 1. The predicted octanol–water partition coefficient (Wildman–Crippen LogP) is 2.94. The van der Waals surface area contributed by atoms with E-state index in [2.05, 4.69) is 34.0 Å². The molecule has 2 aliphatic rings. The number of amides is 1. The van der Waals surface area contributed by atoms with Crippen molar-refractivity contribution in [2.24, 2.45) is 0 Å². The number of rotatable bonds is 3. The van der Waals surface area contributed by atoms with Gasteiger partial charge in [0.2, 0.25) is 5.91 Å². The summed E-state index contributed by atoms with van der Waals surface area (Å²) in [6.45, 7) is 2.40. The van der Waals surface area contributed by atoms with Crippen LogP contribution < -0.4 is 5.32 Å². The Kier molecular flexibility index (Phi) is 4.44. The molecular formula is C14H19IN2OS. The molecular weight excluding hydrogens is 371 g/mol. The Morgan fingerprint density at radius 2 is 2.21 bits per heavy atom. The lowest BCUT2D eigenvalue weighted by Crippen LogP contribution is -2.38. The predicted molar refractivity (Wildman–Crippen MR) is 86.5 cm³/mol. The van der Waals surface area contributed by atoms with E-state index < -0.39 is 0 Å². The van der Waals surface area contributed by atoms with E-state index in [1.807, 2.05) is 16.2 Å². The lowest BCUT2D eigenvalue weighted by atomic mass is 9.94. The molecule has 1 fully saturated rings. The number of nitrogens with one attached hydrogen (secondary N) is 1. The van der Waals surface area contributed by atoms with Gasteiger partial charge in [0.1, 0.15) is 0 Å². The second-order valence-corrected chi connectivity index (χ2v) is 8.37. The van der Waals surface area contributed by atoms with Gasteiger partial charge in [-0.2, -0.15) is 0 Å². The third kappa shape index (κ3) is 3.13. The van der Waals surface area contributed by atoms with Gasteiger partial charge in [0.25, 0.3) is 0 Å². The maximum absolute atomic E-state index is 12.1.